The second kappa shape index (κ2) is 7.28. The van der Waals surface area contributed by atoms with Gasteiger partial charge in [-0.1, -0.05) is 13.8 Å². The Morgan fingerprint density at radius 3 is 2.35 bits per heavy atom. The molecule has 0 radical (unpaired) electrons. The van der Waals surface area contributed by atoms with Crippen molar-refractivity contribution in [3.8, 4) is 0 Å². The molecule has 2 amide bonds. The van der Waals surface area contributed by atoms with E-state index in [9.17, 15) is 14.7 Å². The molecule has 20 heavy (non-hydrogen) atoms. The number of aryl methyl sites for hydroxylation is 1. The Labute approximate surface area is 123 Å². The van der Waals surface area contributed by atoms with Crippen molar-refractivity contribution in [2.24, 2.45) is 5.41 Å². The topological polar surface area (TPSA) is 78.4 Å². The molecule has 0 saturated heterocycles. The van der Waals surface area contributed by atoms with Gasteiger partial charge in [-0.25, -0.2) is 4.79 Å². The lowest BCUT2D eigenvalue weighted by Gasteiger charge is -2.26. The van der Waals surface area contributed by atoms with Gasteiger partial charge in [0.1, 0.15) is 0 Å². The Balaban J connectivity index is 2.44. The average Bonchev–Trinajstić information content (AvgIpc) is 2.83. The van der Waals surface area contributed by atoms with Crippen molar-refractivity contribution in [1.82, 2.24) is 10.6 Å². The van der Waals surface area contributed by atoms with E-state index < -0.39 is 11.4 Å². The number of carboxylic acids is 1. The van der Waals surface area contributed by atoms with Crippen molar-refractivity contribution in [2.45, 2.75) is 40.2 Å². The largest absolute Gasteiger partial charge is 0.481 e. The Morgan fingerprint density at radius 2 is 1.90 bits per heavy atom. The summed E-state index contributed by atoms with van der Waals surface area (Å²) < 4.78 is 0. The van der Waals surface area contributed by atoms with Gasteiger partial charge in [-0.3, -0.25) is 4.79 Å². The molecule has 1 rings (SSSR count). The maximum atomic E-state index is 11.7. The number of hydrogen-bond acceptors (Lipinski definition) is 3. The SMILES string of the molecule is CCC(CC)(CNC(=O)NCc1ccc(C)s1)C(=O)O. The fourth-order valence-corrected chi connectivity index (χ4v) is 2.77. The monoisotopic (exact) mass is 298 g/mol. The maximum absolute atomic E-state index is 11.7. The van der Waals surface area contributed by atoms with Gasteiger partial charge in [-0.15, -0.1) is 11.3 Å². The molecule has 0 saturated carbocycles. The molecule has 0 aliphatic heterocycles. The van der Waals surface area contributed by atoms with Crippen molar-refractivity contribution in [3.05, 3.63) is 21.9 Å². The van der Waals surface area contributed by atoms with Crippen LogP contribution >= 0.6 is 11.3 Å². The van der Waals surface area contributed by atoms with Crippen LogP contribution in [0.2, 0.25) is 0 Å². The molecule has 0 aliphatic carbocycles. The van der Waals surface area contributed by atoms with Gasteiger partial charge >= 0.3 is 12.0 Å². The highest BCUT2D eigenvalue weighted by molar-refractivity contribution is 7.11. The Bertz CT molecular complexity index is 467. The third-order valence-corrected chi connectivity index (χ3v) is 4.61. The van der Waals surface area contributed by atoms with Crippen LogP contribution in [0, 0.1) is 12.3 Å². The zero-order chi connectivity index (χ0) is 15.2. The van der Waals surface area contributed by atoms with Crippen LogP contribution in [0.25, 0.3) is 0 Å². The highest BCUT2D eigenvalue weighted by atomic mass is 32.1. The molecule has 112 valence electrons. The van der Waals surface area contributed by atoms with Gasteiger partial charge in [0.2, 0.25) is 0 Å². The van der Waals surface area contributed by atoms with Gasteiger partial charge in [0, 0.05) is 16.3 Å². The smallest absolute Gasteiger partial charge is 0.315 e. The molecule has 1 aromatic heterocycles. The van der Waals surface area contributed by atoms with E-state index in [4.69, 9.17) is 0 Å². The van der Waals surface area contributed by atoms with Gasteiger partial charge in [0.25, 0.3) is 0 Å². The minimum atomic E-state index is -0.878. The first-order valence-electron chi connectivity index (χ1n) is 6.74. The standard InChI is InChI=1S/C14H22N2O3S/c1-4-14(5-2,12(17)18)9-16-13(19)15-8-11-7-6-10(3)20-11/h6-7H,4-5,8-9H2,1-3H3,(H,17,18)(H2,15,16,19). The Kier molecular flexibility index (Phi) is 6.01. The second-order valence-corrected chi connectivity index (χ2v) is 6.21. The van der Waals surface area contributed by atoms with E-state index in [1.54, 1.807) is 11.3 Å². The zero-order valence-electron chi connectivity index (χ0n) is 12.2. The summed E-state index contributed by atoms with van der Waals surface area (Å²) in [5, 5.41) is 14.7. The molecule has 0 spiro atoms. The molecular weight excluding hydrogens is 276 g/mol. The van der Waals surface area contributed by atoms with Crippen molar-refractivity contribution >= 4 is 23.3 Å². The number of rotatable bonds is 7. The van der Waals surface area contributed by atoms with Gasteiger partial charge < -0.3 is 15.7 Å². The van der Waals surface area contributed by atoms with Crippen LogP contribution in [0.3, 0.4) is 0 Å². The van der Waals surface area contributed by atoms with Gasteiger partial charge in [-0.05, 0) is 31.9 Å². The average molecular weight is 298 g/mol. The normalized spacial score (nSPS) is 11.2. The fourth-order valence-electron chi connectivity index (χ4n) is 1.94. The van der Waals surface area contributed by atoms with E-state index in [1.165, 1.54) is 4.88 Å². The lowest BCUT2D eigenvalue weighted by molar-refractivity contribution is -0.149. The number of carboxylic acid groups (broad SMARTS) is 1. The summed E-state index contributed by atoms with van der Waals surface area (Å²) >= 11 is 1.63. The molecule has 1 aromatic rings. The summed E-state index contributed by atoms with van der Waals surface area (Å²) in [6, 6.07) is 3.65. The highest BCUT2D eigenvalue weighted by Gasteiger charge is 2.35. The van der Waals surface area contributed by atoms with E-state index in [-0.39, 0.29) is 12.6 Å². The summed E-state index contributed by atoms with van der Waals surface area (Å²) in [7, 11) is 0. The molecule has 3 N–H and O–H groups in total. The first-order valence-corrected chi connectivity index (χ1v) is 7.55. The lowest BCUT2D eigenvalue weighted by atomic mass is 9.82. The van der Waals surface area contributed by atoms with Crippen LogP contribution in [-0.2, 0) is 11.3 Å². The van der Waals surface area contributed by atoms with Gasteiger partial charge in [0.05, 0.1) is 12.0 Å². The quantitative estimate of drug-likeness (QED) is 0.724. The summed E-state index contributed by atoms with van der Waals surface area (Å²) in [4.78, 5) is 25.3. The number of carbonyl (C=O) groups excluding carboxylic acids is 1. The first kappa shape index (κ1) is 16.5. The van der Waals surface area contributed by atoms with E-state index in [1.807, 2.05) is 32.9 Å². The summed E-state index contributed by atoms with van der Waals surface area (Å²) in [5.41, 5.74) is -0.878. The van der Waals surface area contributed by atoms with Crippen LogP contribution in [-0.4, -0.2) is 23.7 Å². The summed E-state index contributed by atoms with van der Waals surface area (Å²) in [6.45, 7) is 6.27. The molecule has 5 nitrogen and oxygen atoms in total. The molecule has 0 fully saturated rings. The number of hydrogen-bond donors (Lipinski definition) is 3. The predicted molar refractivity (Wildman–Crippen MR) is 79.9 cm³/mol. The molecule has 0 aliphatic rings. The van der Waals surface area contributed by atoms with E-state index >= 15 is 0 Å². The van der Waals surface area contributed by atoms with Crippen LogP contribution in [0.15, 0.2) is 12.1 Å². The number of urea groups is 1. The molecular formula is C14H22N2O3S. The van der Waals surface area contributed by atoms with Crippen molar-refractivity contribution in [1.29, 1.82) is 0 Å². The molecule has 0 bridgehead atoms. The molecule has 1 heterocycles. The number of nitrogens with one attached hydrogen (secondary N) is 2. The van der Waals surface area contributed by atoms with Crippen molar-refractivity contribution in [2.75, 3.05) is 6.54 Å². The fraction of sp³-hybridized carbons (Fsp3) is 0.571. The molecule has 0 aromatic carbocycles. The van der Waals surface area contributed by atoms with E-state index in [2.05, 4.69) is 10.6 Å². The molecule has 0 atom stereocenters. The first-order chi connectivity index (χ1) is 9.43. The van der Waals surface area contributed by atoms with Gasteiger partial charge in [0.15, 0.2) is 0 Å². The zero-order valence-corrected chi connectivity index (χ0v) is 13.0. The summed E-state index contributed by atoms with van der Waals surface area (Å²) in [5.74, 6) is -0.864. The minimum absolute atomic E-state index is 0.143. The highest BCUT2D eigenvalue weighted by Crippen LogP contribution is 2.25. The Hall–Kier alpha value is -1.56. The second-order valence-electron chi connectivity index (χ2n) is 4.84. The number of amides is 2. The maximum Gasteiger partial charge on any atom is 0.315 e. The van der Waals surface area contributed by atoms with E-state index in [0.717, 1.165) is 4.88 Å². The van der Waals surface area contributed by atoms with Gasteiger partial charge in [-0.2, -0.15) is 0 Å². The third-order valence-electron chi connectivity index (χ3n) is 3.61. The molecule has 0 unspecified atom stereocenters. The molecule has 6 heteroatoms. The third kappa shape index (κ3) is 4.23. The summed E-state index contributed by atoms with van der Waals surface area (Å²) in [6.07, 6.45) is 0.979. The van der Waals surface area contributed by atoms with Crippen LogP contribution in [0.5, 0.6) is 0 Å². The predicted octanol–water partition coefficient (Wildman–Crippen LogP) is 2.75. The number of aliphatic carboxylic acids is 1. The minimum Gasteiger partial charge on any atom is -0.481 e. The van der Waals surface area contributed by atoms with Crippen LogP contribution in [0.1, 0.15) is 36.4 Å². The Morgan fingerprint density at radius 1 is 1.25 bits per heavy atom. The number of thiophene rings is 1. The van der Waals surface area contributed by atoms with Crippen molar-refractivity contribution in [3.63, 3.8) is 0 Å². The van der Waals surface area contributed by atoms with Crippen LogP contribution < -0.4 is 10.6 Å². The van der Waals surface area contributed by atoms with E-state index in [0.29, 0.717) is 19.4 Å². The van der Waals surface area contributed by atoms with Crippen LogP contribution in [0.4, 0.5) is 4.79 Å². The van der Waals surface area contributed by atoms with Crippen molar-refractivity contribution < 1.29 is 14.7 Å². The lowest BCUT2D eigenvalue weighted by Crippen LogP contribution is -2.45. The number of carbonyl (C=O) groups is 2.